The van der Waals surface area contributed by atoms with Gasteiger partial charge in [-0.25, -0.2) is 9.97 Å². The standard InChI is InChI=1S/C17H13ClN2O/c18-16-14-10-13(21-12-4-2-1-3-5-12)8-9-15(14)19-17(20-16)11-6-7-11/h1-5,8-11H,6-7H2. The second-order valence-electron chi connectivity index (χ2n) is 5.24. The summed E-state index contributed by atoms with van der Waals surface area (Å²) >= 11 is 6.30. The van der Waals surface area contributed by atoms with Gasteiger partial charge in [-0.15, -0.1) is 0 Å². The van der Waals surface area contributed by atoms with Gasteiger partial charge in [-0.2, -0.15) is 0 Å². The molecule has 0 radical (unpaired) electrons. The lowest BCUT2D eigenvalue weighted by Crippen LogP contribution is -1.94. The van der Waals surface area contributed by atoms with Crippen molar-refractivity contribution in [2.75, 3.05) is 0 Å². The zero-order chi connectivity index (χ0) is 14.2. The Kier molecular flexibility index (Phi) is 3.00. The Labute approximate surface area is 127 Å². The largest absolute Gasteiger partial charge is 0.457 e. The number of halogens is 1. The average molecular weight is 297 g/mol. The van der Waals surface area contributed by atoms with Crippen LogP contribution < -0.4 is 4.74 Å². The molecule has 4 heteroatoms. The SMILES string of the molecule is Clc1nc(C2CC2)nc2ccc(Oc3ccccc3)cc12. The van der Waals surface area contributed by atoms with E-state index in [2.05, 4.69) is 9.97 Å². The molecule has 0 saturated heterocycles. The molecule has 0 unspecified atom stereocenters. The molecule has 1 aromatic heterocycles. The molecule has 0 amide bonds. The highest BCUT2D eigenvalue weighted by Crippen LogP contribution is 2.39. The molecule has 21 heavy (non-hydrogen) atoms. The van der Waals surface area contributed by atoms with Gasteiger partial charge in [-0.3, -0.25) is 0 Å². The van der Waals surface area contributed by atoms with Gasteiger partial charge in [0.2, 0.25) is 0 Å². The lowest BCUT2D eigenvalue weighted by atomic mass is 10.2. The number of benzene rings is 2. The van der Waals surface area contributed by atoms with Crippen molar-refractivity contribution in [3.63, 3.8) is 0 Å². The Bertz CT molecular complexity index is 800. The Hall–Kier alpha value is -2.13. The van der Waals surface area contributed by atoms with E-state index >= 15 is 0 Å². The molecule has 3 nitrogen and oxygen atoms in total. The molecular weight excluding hydrogens is 284 g/mol. The minimum atomic E-state index is 0.493. The maximum atomic E-state index is 6.30. The molecule has 104 valence electrons. The van der Waals surface area contributed by atoms with E-state index in [0.717, 1.165) is 41.1 Å². The number of nitrogens with zero attached hydrogens (tertiary/aromatic N) is 2. The number of fused-ring (bicyclic) bond motifs is 1. The van der Waals surface area contributed by atoms with Crippen LogP contribution in [0.5, 0.6) is 11.5 Å². The topological polar surface area (TPSA) is 35.0 Å². The van der Waals surface area contributed by atoms with E-state index in [-0.39, 0.29) is 0 Å². The van der Waals surface area contributed by atoms with Gasteiger partial charge in [0.1, 0.15) is 22.5 Å². The van der Waals surface area contributed by atoms with Gasteiger partial charge in [-0.05, 0) is 43.2 Å². The average Bonchev–Trinajstić information content (AvgIpc) is 3.33. The van der Waals surface area contributed by atoms with Crippen molar-refractivity contribution in [2.45, 2.75) is 18.8 Å². The summed E-state index contributed by atoms with van der Waals surface area (Å²) in [6, 6.07) is 15.4. The number of hydrogen-bond donors (Lipinski definition) is 0. The van der Waals surface area contributed by atoms with Crippen LogP contribution in [0, 0.1) is 0 Å². The summed E-state index contributed by atoms with van der Waals surface area (Å²) in [6.07, 6.45) is 2.33. The lowest BCUT2D eigenvalue weighted by Gasteiger charge is -2.08. The molecule has 0 atom stereocenters. The van der Waals surface area contributed by atoms with Crippen LogP contribution in [0.15, 0.2) is 48.5 Å². The first-order valence-electron chi connectivity index (χ1n) is 7.00. The zero-order valence-corrected chi connectivity index (χ0v) is 12.0. The lowest BCUT2D eigenvalue weighted by molar-refractivity contribution is 0.483. The number of para-hydroxylation sites is 1. The van der Waals surface area contributed by atoms with Crippen molar-refractivity contribution < 1.29 is 4.74 Å². The third-order valence-corrected chi connectivity index (χ3v) is 3.85. The first kappa shape index (κ1) is 12.6. The fourth-order valence-corrected chi connectivity index (χ4v) is 2.54. The van der Waals surface area contributed by atoms with Crippen LogP contribution in [0.1, 0.15) is 24.6 Å². The summed E-state index contributed by atoms with van der Waals surface area (Å²) in [7, 11) is 0. The van der Waals surface area contributed by atoms with Crippen molar-refractivity contribution in [1.29, 1.82) is 0 Å². The Morgan fingerprint density at radius 3 is 2.52 bits per heavy atom. The van der Waals surface area contributed by atoms with Gasteiger partial charge in [0.25, 0.3) is 0 Å². The van der Waals surface area contributed by atoms with E-state index in [1.807, 2.05) is 48.5 Å². The number of aromatic nitrogens is 2. The molecule has 1 heterocycles. The molecule has 1 saturated carbocycles. The fraction of sp³-hybridized carbons (Fsp3) is 0.176. The molecule has 0 bridgehead atoms. The second kappa shape index (κ2) is 5.01. The van der Waals surface area contributed by atoms with Crippen molar-refractivity contribution in [1.82, 2.24) is 9.97 Å². The van der Waals surface area contributed by atoms with Crippen molar-refractivity contribution >= 4 is 22.5 Å². The van der Waals surface area contributed by atoms with Crippen LogP contribution in [-0.2, 0) is 0 Å². The quantitative estimate of drug-likeness (QED) is 0.641. The smallest absolute Gasteiger partial charge is 0.140 e. The van der Waals surface area contributed by atoms with Crippen LogP contribution in [0.25, 0.3) is 10.9 Å². The molecule has 1 aliphatic rings. The highest BCUT2D eigenvalue weighted by Gasteiger charge is 2.27. The van der Waals surface area contributed by atoms with Crippen molar-refractivity contribution in [3.8, 4) is 11.5 Å². The van der Waals surface area contributed by atoms with Crippen LogP contribution in [0.3, 0.4) is 0 Å². The predicted molar refractivity (Wildman–Crippen MR) is 83.0 cm³/mol. The van der Waals surface area contributed by atoms with E-state index in [1.54, 1.807) is 0 Å². The monoisotopic (exact) mass is 296 g/mol. The fourth-order valence-electron chi connectivity index (χ4n) is 2.30. The van der Waals surface area contributed by atoms with Crippen LogP contribution in [0.4, 0.5) is 0 Å². The van der Waals surface area contributed by atoms with E-state index < -0.39 is 0 Å². The van der Waals surface area contributed by atoms with E-state index in [9.17, 15) is 0 Å². The summed E-state index contributed by atoms with van der Waals surface area (Å²) in [6.45, 7) is 0. The van der Waals surface area contributed by atoms with Crippen LogP contribution in [0.2, 0.25) is 5.15 Å². The van der Waals surface area contributed by atoms with Crippen LogP contribution >= 0.6 is 11.6 Å². The zero-order valence-electron chi connectivity index (χ0n) is 11.3. The predicted octanol–water partition coefficient (Wildman–Crippen LogP) is 4.95. The molecule has 2 aromatic carbocycles. The number of hydrogen-bond acceptors (Lipinski definition) is 3. The first-order chi connectivity index (χ1) is 10.3. The Morgan fingerprint density at radius 2 is 1.76 bits per heavy atom. The summed E-state index contributed by atoms with van der Waals surface area (Å²) < 4.78 is 5.82. The van der Waals surface area contributed by atoms with Crippen molar-refractivity contribution in [2.24, 2.45) is 0 Å². The summed E-state index contributed by atoms with van der Waals surface area (Å²) in [5.74, 6) is 2.89. The third-order valence-electron chi connectivity index (χ3n) is 3.56. The Morgan fingerprint density at radius 1 is 0.952 bits per heavy atom. The van der Waals surface area contributed by atoms with Gasteiger partial charge < -0.3 is 4.74 Å². The highest BCUT2D eigenvalue weighted by atomic mass is 35.5. The summed E-state index contributed by atoms with van der Waals surface area (Å²) in [4.78, 5) is 9.01. The van der Waals surface area contributed by atoms with Gasteiger partial charge in [0, 0.05) is 11.3 Å². The van der Waals surface area contributed by atoms with Gasteiger partial charge in [0.15, 0.2) is 0 Å². The first-order valence-corrected chi connectivity index (χ1v) is 7.37. The molecule has 1 aliphatic carbocycles. The minimum Gasteiger partial charge on any atom is -0.457 e. The van der Waals surface area contributed by atoms with E-state index in [4.69, 9.17) is 16.3 Å². The highest BCUT2D eigenvalue weighted by molar-refractivity contribution is 6.34. The van der Waals surface area contributed by atoms with Crippen molar-refractivity contribution in [3.05, 3.63) is 59.5 Å². The number of ether oxygens (including phenoxy) is 1. The second-order valence-corrected chi connectivity index (χ2v) is 5.60. The van der Waals surface area contributed by atoms with Gasteiger partial charge in [-0.1, -0.05) is 29.8 Å². The number of rotatable bonds is 3. The normalized spacial score (nSPS) is 14.3. The molecular formula is C17H13ClN2O. The van der Waals surface area contributed by atoms with Gasteiger partial charge >= 0.3 is 0 Å². The maximum Gasteiger partial charge on any atom is 0.140 e. The molecule has 4 rings (SSSR count). The molecule has 0 aliphatic heterocycles. The van der Waals surface area contributed by atoms with Crippen LogP contribution in [-0.4, -0.2) is 9.97 Å². The van der Waals surface area contributed by atoms with Gasteiger partial charge in [0.05, 0.1) is 5.52 Å². The molecule has 1 fully saturated rings. The molecule has 3 aromatic rings. The Balaban J connectivity index is 1.72. The maximum absolute atomic E-state index is 6.30. The minimum absolute atomic E-state index is 0.493. The molecule has 0 N–H and O–H groups in total. The summed E-state index contributed by atoms with van der Waals surface area (Å²) in [5.41, 5.74) is 0.873. The molecule has 0 spiro atoms. The van der Waals surface area contributed by atoms with E-state index in [1.165, 1.54) is 0 Å². The van der Waals surface area contributed by atoms with E-state index in [0.29, 0.717) is 11.1 Å². The third kappa shape index (κ3) is 2.57. The summed E-state index contributed by atoms with van der Waals surface area (Å²) in [5, 5.41) is 1.33.